The minimum atomic E-state index is -1.82. The molecule has 0 saturated carbocycles. The fraction of sp³-hybridized carbons (Fsp3) is 0. The van der Waals surface area contributed by atoms with Gasteiger partial charge in [0.2, 0.25) is 0 Å². The van der Waals surface area contributed by atoms with Crippen LogP contribution in [0.2, 0.25) is 0 Å². The fourth-order valence-corrected chi connectivity index (χ4v) is 0. The first-order chi connectivity index (χ1) is 15.9. The van der Waals surface area contributed by atoms with Crippen LogP contribution in [0.1, 0.15) is 0 Å². The Morgan fingerprint density at radius 2 is 0.225 bits per heavy atom. The van der Waals surface area contributed by atoms with Crippen LogP contribution in [0.3, 0.4) is 0 Å². The molecule has 218 valence electrons. The molecule has 0 bridgehead atoms. The largest absolute Gasteiger partial charge is 0.473 e. The van der Waals surface area contributed by atoms with Crippen LogP contribution in [0.15, 0.2) is 0 Å². The molecule has 12 N–H and O–H groups in total. The minimum absolute atomic E-state index is 0. The van der Waals surface area contributed by atoms with Gasteiger partial charge >= 0.3 is 71.6 Å². The van der Waals surface area contributed by atoms with Crippen molar-refractivity contribution in [3.63, 3.8) is 0 Å². The van der Waals surface area contributed by atoms with Crippen LogP contribution in [0, 0.1) is 164 Å². The molecular formula is C12H12Nd2O24Pr2. The Morgan fingerprint density at radius 1 is 0.200 bits per heavy atom. The van der Waals surface area contributed by atoms with Crippen molar-refractivity contribution in [2.24, 2.45) is 0 Å². The van der Waals surface area contributed by atoms with Crippen LogP contribution >= 0.6 is 0 Å². The molecule has 0 heterocycles. The van der Waals surface area contributed by atoms with Crippen LogP contribution < -0.4 is 0 Å². The molecule has 0 aliphatic carbocycles. The summed E-state index contributed by atoms with van der Waals surface area (Å²) in [7, 11) is 0. The number of carbonyl (C=O) groups is 12. The Bertz CT molecular complexity index is 638. The molecule has 0 aliphatic heterocycles. The standard InChI is InChI=1S/6C2H2O4.2Nd.2Pr/c6*3-1(4)2(5)6;;;;/h6*(H,3,4)(H,5,6);;;;. The summed E-state index contributed by atoms with van der Waals surface area (Å²) in [5.74, 6) is -21.9. The van der Waals surface area contributed by atoms with E-state index in [9.17, 15) is 0 Å². The number of aliphatic carboxylic acids is 12. The van der Waals surface area contributed by atoms with Crippen LogP contribution in [-0.4, -0.2) is 133 Å². The number of hydrogen-bond acceptors (Lipinski definition) is 12. The van der Waals surface area contributed by atoms with Gasteiger partial charge in [-0.25, -0.2) is 57.5 Å². The van der Waals surface area contributed by atoms with Gasteiger partial charge in [0, 0.05) is 164 Å². The molecule has 28 heteroatoms. The van der Waals surface area contributed by atoms with Gasteiger partial charge < -0.3 is 61.3 Å². The predicted octanol–water partition coefficient (Wildman–Crippen LogP) is -5.07. The van der Waals surface area contributed by atoms with E-state index in [0.29, 0.717) is 0 Å². The maximum atomic E-state index is 9.10. The SMILES string of the molecule is O=C(O)C(=O)O.O=C(O)C(=O)O.O=C(O)C(=O)O.O=C(O)C(=O)O.O=C(O)C(=O)O.O=C(O)C(=O)O.[Nd].[Nd].[Pr].[Pr]. The molecule has 0 fully saturated rings. The molecule has 0 aromatic rings. The number of rotatable bonds is 0. The molecule has 0 atom stereocenters. The van der Waals surface area contributed by atoms with Crippen LogP contribution in [-0.2, 0) is 57.5 Å². The Hall–Kier alpha value is -0.931. The summed E-state index contributed by atoms with van der Waals surface area (Å²) in [5.41, 5.74) is 0. The molecule has 0 aromatic heterocycles. The Morgan fingerprint density at radius 3 is 0.225 bits per heavy atom. The van der Waals surface area contributed by atoms with Gasteiger partial charge in [-0.15, -0.1) is 0 Å². The summed E-state index contributed by atoms with van der Waals surface area (Å²) < 4.78 is 0. The second kappa shape index (κ2) is 42.5. The molecule has 0 rings (SSSR count). The molecule has 24 nitrogen and oxygen atoms in total. The monoisotopic (exact) mass is 1110 g/mol. The van der Waals surface area contributed by atoms with E-state index in [2.05, 4.69) is 0 Å². The molecular weight excluding hydrogens is 1100 g/mol. The Balaban J connectivity index is -0.0000000331. The van der Waals surface area contributed by atoms with Crippen LogP contribution in [0.25, 0.3) is 0 Å². The van der Waals surface area contributed by atoms with Crippen molar-refractivity contribution in [2.75, 3.05) is 0 Å². The van der Waals surface area contributed by atoms with E-state index in [4.69, 9.17) is 119 Å². The molecule has 2 radical (unpaired) electrons. The van der Waals surface area contributed by atoms with Crippen molar-refractivity contribution in [2.45, 2.75) is 0 Å². The third-order valence-corrected chi connectivity index (χ3v) is 1.10. The van der Waals surface area contributed by atoms with Gasteiger partial charge in [-0.1, -0.05) is 0 Å². The van der Waals surface area contributed by atoms with Gasteiger partial charge in [-0.3, -0.25) is 0 Å². The van der Waals surface area contributed by atoms with E-state index in [-0.39, 0.29) is 164 Å². The predicted molar refractivity (Wildman–Crippen MR) is 91.6 cm³/mol. The molecule has 40 heavy (non-hydrogen) atoms. The first-order valence-electron chi connectivity index (χ1n) is 6.63. The van der Waals surface area contributed by atoms with Gasteiger partial charge in [0.15, 0.2) is 0 Å². The van der Waals surface area contributed by atoms with E-state index in [1.165, 1.54) is 0 Å². The van der Waals surface area contributed by atoms with Crippen molar-refractivity contribution in [3.8, 4) is 0 Å². The molecule has 0 saturated heterocycles. The minimum Gasteiger partial charge on any atom is -0.473 e. The topological polar surface area (TPSA) is 448 Å². The third kappa shape index (κ3) is 90.6. The smallest absolute Gasteiger partial charge is 0.414 e. The van der Waals surface area contributed by atoms with Gasteiger partial charge in [0.1, 0.15) is 0 Å². The van der Waals surface area contributed by atoms with Gasteiger partial charge in [0.05, 0.1) is 0 Å². The molecule has 0 aliphatic rings. The summed E-state index contributed by atoms with van der Waals surface area (Å²) in [6, 6.07) is 0. The van der Waals surface area contributed by atoms with Crippen LogP contribution in [0.5, 0.6) is 0 Å². The summed E-state index contributed by atoms with van der Waals surface area (Å²) in [6.07, 6.45) is 0. The number of carboxylic acid groups (broad SMARTS) is 12. The quantitative estimate of drug-likeness (QED) is 0.101. The average Bonchev–Trinajstić information content (AvgIpc) is 2.69. The van der Waals surface area contributed by atoms with Crippen molar-refractivity contribution in [1.82, 2.24) is 0 Å². The fourth-order valence-electron chi connectivity index (χ4n) is 0. The van der Waals surface area contributed by atoms with E-state index in [0.717, 1.165) is 0 Å². The van der Waals surface area contributed by atoms with Crippen molar-refractivity contribution < 1.29 is 283 Å². The summed E-state index contributed by atoms with van der Waals surface area (Å²) >= 11 is 0. The Labute approximate surface area is 348 Å². The van der Waals surface area contributed by atoms with Gasteiger partial charge in [-0.05, 0) is 0 Å². The molecule has 0 aromatic carbocycles. The maximum Gasteiger partial charge on any atom is 0.414 e. The van der Waals surface area contributed by atoms with E-state index < -0.39 is 71.6 Å². The zero-order valence-electron chi connectivity index (χ0n) is 18.4. The zero-order valence-corrected chi connectivity index (χ0v) is 32.2. The molecule has 0 unspecified atom stereocenters. The van der Waals surface area contributed by atoms with Gasteiger partial charge in [-0.2, -0.15) is 0 Å². The third-order valence-electron chi connectivity index (χ3n) is 1.10. The van der Waals surface area contributed by atoms with E-state index >= 15 is 0 Å². The first-order valence-corrected chi connectivity index (χ1v) is 6.63. The zero-order chi connectivity index (χ0) is 30.9. The summed E-state index contributed by atoms with van der Waals surface area (Å²) in [4.78, 5) is 109. The maximum absolute atomic E-state index is 9.10. The van der Waals surface area contributed by atoms with Gasteiger partial charge in [0.25, 0.3) is 0 Å². The van der Waals surface area contributed by atoms with Crippen molar-refractivity contribution in [1.29, 1.82) is 0 Å². The van der Waals surface area contributed by atoms with Crippen molar-refractivity contribution >= 4 is 71.6 Å². The van der Waals surface area contributed by atoms with E-state index in [1.54, 1.807) is 0 Å². The summed E-state index contributed by atoms with van der Waals surface area (Å²) in [5, 5.41) is 88.7. The van der Waals surface area contributed by atoms with E-state index in [1.807, 2.05) is 0 Å². The molecule has 0 spiro atoms. The number of hydrogen-bond donors (Lipinski definition) is 12. The summed E-state index contributed by atoms with van der Waals surface area (Å²) in [6.45, 7) is 0. The number of carboxylic acids is 12. The first kappa shape index (κ1) is 67.0. The second-order valence-electron chi connectivity index (χ2n) is 3.66. The average molecular weight is 1110 g/mol. The Kier molecular flexibility index (Phi) is 71.3. The molecule has 0 amide bonds. The second-order valence-corrected chi connectivity index (χ2v) is 3.66. The van der Waals surface area contributed by atoms with Crippen LogP contribution in [0.4, 0.5) is 0 Å². The normalized spacial score (nSPS) is 6.60. The van der Waals surface area contributed by atoms with Crippen molar-refractivity contribution in [3.05, 3.63) is 0 Å².